The highest BCUT2D eigenvalue weighted by Crippen LogP contribution is 2.11. The fourth-order valence-corrected chi connectivity index (χ4v) is 1.33. The Labute approximate surface area is 89.5 Å². The standard InChI is InChI=1S/C10H7N3O3/c11-4-9(14)12-5-6-1-2-8-7(3-6)13-10(15)16-8/h1-3H,5H2,(H,12,14)(H,13,15). The Hall–Kier alpha value is -2.55. The molecule has 0 aliphatic carbocycles. The largest absolute Gasteiger partial charge is 0.417 e. The summed E-state index contributed by atoms with van der Waals surface area (Å²) in [5.74, 6) is -1.21. The van der Waals surface area contributed by atoms with E-state index in [1.54, 1.807) is 18.2 Å². The van der Waals surface area contributed by atoms with Crippen molar-refractivity contribution >= 4 is 17.0 Å². The first-order valence-corrected chi connectivity index (χ1v) is 4.49. The van der Waals surface area contributed by atoms with Crippen molar-refractivity contribution in [2.45, 2.75) is 6.54 Å². The average Bonchev–Trinajstić information content (AvgIpc) is 2.65. The molecule has 2 N–H and O–H groups in total. The molecule has 2 rings (SSSR count). The summed E-state index contributed by atoms with van der Waals surface area (Å²) in [6.45, 7) is 0.232. The molecule has 0 saturated carbocycles. The molecule has 1 amide bonds. The monoisotopic (exact) mass is 217 g/mol. The minimum Gasteiger partial charge on any atom is -0.408 e. The number of H-pyrrole nitrogens is 1. The average molecular weight is 217 g/mol. The second-order valence-electron chi connectivity index (χ2n) is 3.14. The lowest BCUT2D eigenvalue weighted by Gasteiger charge is -1.99. The highest BCUT2D eigenvalue weighted by atomic mass is 16.4. The van der Waals surface area contributed by atoms with E-state index in [0.29, 0.717) is 11.1 Å². The van der Waals surface area contributed by atoms with Crippen LogP contribution in [0.5, 0.6) is 0 Å². The molecule has 0 spiro atoms. The minimum atomic E-state index is -0.694. The van der Waals surface area contributed by atoms with Gasteiger partial charge in [-0.3, -0.25) is 9.78 Å². The molecule has 0 saturated heterocycles. The number of nitriles is 1. The zero-order valence-electron chi connectivity index (χ0n) is 8.11. The van der Waals surface area contributed by atoms with Crippen LogP contribution in [-0.2, 0) is 11.3 Å². The first-order valence-electron chi connectivity index (χ1n) is 4.49. The number of rotatable bonds is 2. The van der Waals surface area contributed by atoms with E-state index in [2.05, 4.69) is 10.3 Å². The fourth-order valence-electron chi connectivity index (χ4n) is 1.33. The van der Waals surface area contributed by atoms with Gasteiger partial charge in [0.2, 0.25) is 0 Å². The molecule has 6 heteroatoms. The van der Waals surface area contributed by atoms with E-state index in [1.807, 2.05) is 0 Å². The predicted molar refractivity (Wildman–Crippen MR) is 54.3 cm³/mol. The van der Waals surface area contributed by atoms with Gasteiger partial charge in [-0.1, -0.05) is 6.07 Å². The number of aromatic nitrogens is 1. The van der Waals surface area contributed by atoms with Gasteiger partial charge in [-0.05, 0) is 17.7 Å². The molecule has 16 heavy (non-hydrogen) atoms. The van der Waals surface area contributed by atoms with E-state index in [4.69, 9.17) is 9.68 Å². The van der Waals surface area contributed by atoms with Crippen LogP contribution >= 0.6 is 0 Å². The van der Waals surface area contributed by atoms with Gasteiger partial charge in [0.15, 0.2) is 11.7 Å². The van der Waals surface area contributed by atoms with Crippen LogP contribution in [0.4, 0.5) is 0 Å². The van der Waals surface area contributed by atoms with Crippen molar-refractivity contribution in [3.63, 3.8) is 0 Å². The quantitative estimate of drug-likeness (QED) is 0.705. The molecule has 0 unspecified atom stereocenters. The maximum atomic E-state index is 10.9. The molecule has 0 aliphatic rings. The van der Waals surface area contributed by atoms with Gasteiger partial charge in [0.05, 0.1) is 5.52 Å². The Morgan fingerprint density at radius 3 is 3.12 bits per heavy atom. The number of nitrogens with one attached hydrogen (secondary N) is 2. The van der Waals surface area contributed by atoms with Crippen molar-refractivity contribution in [1.82, 2.24) is 10.3 Å². The van der Waals surface area contributed by atoms with Gasteiger partial charge in [-0.15, -0.1) is 0 Å². The molecule has 6 nitrogen and oxygen atoms in total. The molecule has 0 atom stereocenters. The normalized spacial score (nSPS) is 9.94. The molecule has 1 heterocycles. The fraction of sp³-hybridized carbons (Fsp3) is 0.100. The van der Waals surface area contributed by atoms with Crippen LogP contribution in [0.3, 0.4) is 0 Å². The number of nitrogens with zero attached hydrogens (tertiary/aromatic N) is 1. The number of fused-ring (bicyclic) bond motifs is 1. The Morgan fingerprint density at radius 1 is 1.56 bits per heavy atom. The van der Waals surface area contributed by atoms with Crippen LogP contribution < -0.4 is 11.1 Å². The number of amides is 1. The summed E-state index contributed by atoms with van der Waals surface area (Å²) in [5, 5.41) is 10.7. The van der Waals surface area contributed by atoms with E-state index in [0.717, 1.165) is 5.56 Å². The van der Waals surface area contributed by atoms with Crippen molar-refractivity contribution in [2.75, 3.05) is 0 Å². The number of benzene rings is 1. The Balaban J connectivity index is 2.23. The first kappa shape index (κ1) is 9.98. The minimum absolute atomic E-state index is 0.232. The third-order valence-corrected chi connectivity index (χ3v) is 2.04. The number of carbonyl (C=O) groups is 1. The molecular weight excluding hydrogens is 210 g/mol. The zero-order chi connectivity index (χ0) is 11.5. The van der Waals surface area contributed by atoms with Gasteiger partial charge in [0.25, 0.3) is 0 Å². The van der Waals surface area contributed by atoms with Crippen LogP contribution in [0.25, 0.3) is 11.1 Å². The lowest BCUT2D eigenvalue weighted by Crippen LogP contribution is -2.20. The second-order valence-corrected chi connectivity index (χ2v) is 3.14. The van der Waals surface area contributed by atoms with Gasteiger partial charge in [-0.2, -0.15) is 5.26 Å². The smallest absolute Gasteiger partial charge is 0.408 e. The Kier molecular flexibility index (Phi) is 2.44. The van der Waals surface area contributed by atoms with Crippen LogP contribution in [0.1, 0.15) is 5.56 Å². The van der Waals surface area contributed by atoms with E-state index < -0.39 is 11.7 Å². The number of hydrogen-bond acceptors (Lipinski definition) is 4. The first-order chi connectivity index (χ1) is 7.69. The number of aromatic amines is 1. The van der Waals surface area contributed by atoms with Crippen LogP contribution in [0.2, 0.25) is 0 Å². The van der Waals surface area contributed by atoms with Crippen molar-refractivity contribution < 1.29 is 9.21 Å². The van der Waals surface area contributed by atoms with E-state index >= 15 is 0 Å². The van der Waals surface area contributed by atoms with Crippen molar-refractivity contribution in [2.24, 2.45) is 0 Å². The summed E-state index contributed by atoms with van der Waals surface area (Å²) >= 11 is 0. The molecule has 2 aromatic rings. The number of oxazole rings is 1. The molecule has 1 aromatic heterocycles. The van der Waals surface area contributed by atoms with Gasteiger partial charge in [0, 0.05) is 6.54 Å². The zero-order valence-corrected chi connectivity index (χ0v) is 8.11. The maximum absolute atomic E-state index is 10.9. The lowest BCUT2D eigenvalue weighted by molar-refractivity contribution is -0.116. The third-order valence-electron chi connectivity index (χ3n) is 2.04. The Morgan fingerprint density at radius 2 is 2.38 bits per heavy atom. The summed E-state index contributed by atoms with van der Waals surface area (Å²) in [6.07, 6.45) is 0. The molecule has 0 radical (unpaired) electrons. The SMILES string of the molecule is N#CC(=O)NCc1ccc2oc(=O)[nH]c2c1. The van der Waals surface area contributed by atoms with Crippen LogP contribution in [0, 0.1) is 11.3 Å². The molecule has 0 fully saturated rings. The maximum Gasteiger partial charge on any atom is 0.417 e. The van der Waals surface area contributed by atoms with Crippen LogP contribution in [0.15, 0.2) is 27.4 Å². The van der Waals surface area contributed by atoms with E-state index in [9.17, 15) is 9.59 Å². The Bertz CT molecular complexity index is 633. The number of hydrogen-bond donors (Lipinski definition) is 2. The van der Waals surface area contributed by atoms with E-state index in [-0.39, 0.29) is 6.54 Å². The second kappa shape index (κ2) is 3.90. The number of carbonyl (C=O) groups excluding carboxylic acids is 1. The summed E-state index contributed by atoms with van der Waals surface area (Å²) in [7, 11) is 0. The predicted octanol–water partition coefficient (Wildman–Crippen LogP) is 0.261. The van der Waals surface area contributed by atoms with Gasteiger partial charge < -0.3 is 9.73 Å². The molecule has 80 valence electrons. The van der Waals surface area contributed by atoms with Crippen molar-refractivity contribution in [3.05, 3.63) is 34.3 Å². The summed E-state index contributed by atoms with van der Waals surface area (Å²) < 4.78 is 4.82. The third kappa shape index (κ3) is 1.93. The summed E-state index contributed by atoms with van der Waals surface area (Å²) in [5.41, 5.74) is 1.79. The van der Waals surface area contributed by atoms with Crippen molar-refractivity contribution in [1.29, 1.82) is 5.26 Å². The van der Waals surface area contributed by atoms with Crippen LogP contribution in [-0.4, -0.2) is 10.9 Å². The topological polar surface area (TPSA) is 98.9 Å². The van der Waals surface area contributed by atoms with Gasteiger partial charge in [0.1, 0.15) is 0 Å². The molecule has 0 aliphatic heterocycles. The molecular formula is C10H7N3O3. The van der Waals surface area contributed by atoms with Gasteiger partial charge >= 0.3 is 11.7 Å². The van der Waals surface area contributed by atoms with Gasteiger partial charge in [-0.25, -0.2) is 4.79 Å². The summed E-state index contributed by atoms with van der Waals surface area (Å²) in [6, 6.07) is 6.46. The lowest BCUT2D eigenvalue weighted by atomic mass is 10.2. The highest BCUT2D eigenvalue weighted by Gasteiger charge is 2.03. The van der Waals surface area contributed by atoms with E-state index in [1.165, 1.54) is 6.07 Å². The molecule has 0 bridgehead atoms. The summed E-state index contributed by atoms with van der Waals surface area (Å²) in [4.78, 5) is 24.1. The highest BCUT2D eigenvalue weighted by molar-refractivity contribution is 5.91. The molecule has 1 aromatic carbocycles. The van der Waals surface area contributed by atoms with Crippen molar-refractivity contribution in [3.8, 4) is 6.07 Å².